The zero-order valence-corrected chi connectivity index (χ0v) is 29.8. The first kappa shape index (κ1) is 33.3. The van der Waals surface area contributed by atoms with E-state index in [0.29, 0.717) is 5.84 Å². The molecule has 0 atom stereocenters. The molecule has 0 radical (unpaired) electrons. The molecule has 0 spiro atoms. The quantitative estimate of drug-likeness (QED) is 0.138. The number of para-hydroxylation sites is 3. The zero-order chi connectivity index (χ0) is 37.0. The molecule has 8 aromatic rings. The molecule has 9 rings (SSSR count). The standard InChI is InChI=1S/C49H35N5O/c50-49(52-48(37-18-6-2-7-19-37)51-34-35-15-4-1-5-16-35)53(43-29-27-36-17-10-11-20-38(36)31-43)42-24-14-21-39(32-42)40-28-30-47-45(33-40)54(41-22-8-3-9-23-41)44-25-12-13-26-46(44)55-47/h1-34,50H/b50-49?,51-34+,52-48-. The number of amidine groups is 1. The van der Waals surface area contributed by atoms with Gasteiger partial charge in [-0.2, -0.15) is 4.99 Å². The molecule has 6 nitrogen and oxygen atoms in total. The van der Waals surface area contributed by atoms with Gasteiger partial charge in [-0.25, -0.2) is 4.99 Å². The number of anilines is 5. The minimum absolute atomic E-state index is 0.0298. The van der Waals surface area contributed by atoms with Crippen LogP contribution in [0.3, 0.4) is 0 Å². The van der Waals surface area contributed by atoms with Crippen molar-refractivity contribution in [2.24, 2.45) is 9.98 Å². The maximum atomic E-state index is 9.62. The van der Waals surface area contributed by atoms with Crippen LogP contribution in [0, 0.1) is 5.41 Å². The molecule has 0 unspecified atom stereocenters. The number of rotatable bonds is 6. The van der Waals surface area contributed by atoms with Crippen molar-refractivity contribution in [1.82, 2.24) is 0 Å². The van der Waals surface area contributed by atoms with E-state index in [1.165, 1.54) is 0 Å². The predicted molar refractivity (Wildman–Crippen MR) is 227 cm³/mol. The van der Waals surface area contributed by atoms with Crippen LogP contribution in [0.25, 0.3) is 21.9 Å². The van der Waals surface area contributed by atoms with E-state index in [9.17, 15) is 5.41 Å². The molecular weight excluding hydrogens is 675 g/mol. The molecule has 8 aromatic carbocycles. The highest BCUT2D eigenvalue weighted by molar-refractivity contribution is 6.14. The normalized spacial score (nSPS) is 12.2. The first-order chi connectivity index (χ1) is 27.2. The van der Waals surface area contributed by atoms with Gasteiger partial charge >= 0.3 is 0 Å². The van der Waals surface area contributed by atoms with Crippen LogP contribution in [-0.2, 0) is 0 Å². The highest BCUT2D eigenvalue weighted by atomic mass is 16.5. The summed E-state index contributed by atoms with van der Waals surface area (Å²) in [6.45, 7) is 0. The first-order valence-corrected chi connectivity index (χ1v) is 18.2. The summed E-state index contributed by atoms with van der Waals surface area (Å²) in [6, 6.07) is 67.2. The van der Waals surface area contributed by atoms with Crippen LogP contribution in [0.2, 0.25) is 0 Å². The van der Waals surface area contributed by atoms with Gasteiger partial charge < -0.3 is 9.64 Å². The minimum atomic E-state index is 0.0298. The molecule has 1 aliphatic heterocycles. The van der Waals surface area contributed by atoms with Crippen molar-refractivity contribution in [3.8, 4) is 22.6 Å². The van der Waals surface area contributed by atoms with Gasteiger partial charge in [0.25, 0.3) is 0 Å². The van der Waals surface area contributed by atoms with Crippen LogP contribution in [0.1, 0.15) is 11.1 Å². The van der Waals surface area contributed by atoms with E-state index < -0.39 is 0 Å². The summed E-state index contributed by atoms with van der Waals surface area (Å²) in [4.78, 5) is 13.9. The minimum Gasteiger partial charge on any atom is -0.453 e. The monoisotopic (exact) mass is 709 g/mol. The third-order valence-electron chi connectivity index (χ3n) is 9.56. The molecule has 6 heteroatoms. The van der Waals surface area contributed by atoms with Gasteiger partial charge in [-0.1, -0.05) is 140 Å². The van der Waals surface area contributed by atoms with Crippen molar-refractivity contribution in [3.05, 3.63) is 211 Å². The van der Waals surface area contributed by atoms with Crippen molar-refractivity contribution in [3.63, 3.8) is 0 Å². The summed E-state index contributed by atoms with van der Waals surface area (Å²) in [6.07, 6.45) is 1.79. The number of nitrogens with zero attached hydrogens (tertiary/aromatic N) is 4. The van der Waals surface area contributed by atoms with E-state index in [1.807, 2.05) is 126 Å². The van der Waals surface area contributed by atoms with E-state index in [1.54, 1.807) is 6.21 Å². The third-order valence-corrected chi connectivity index (χ3v) is 9.56. The Labute approximate surface area is 320 Å². The zero-order valence-electron chi connectivity index (χ0n) is 29.8. The van der Waals surface area contributed by atoms with Crippen LogP contribution >= 0.6 is 0 Å². The van der Waals surface area contributed by atoms with Gasteiger partial charge in [-0.05, 0) is 88.1 Å². The van der Waals surface area contributed by atoms with Gasteiger partial charge in [0, 0.05) is 28.8 Å². The summed E-state index contributed by atoms with van der Waals surface area (Å²) < 4.78 is 6.42. The van der Waals surface area contributed by atoms with Crippen LogP contribution in [0.4, 0.5) is 28.4 Å². The van der Waals surface area contributed by atoms with Gasteiger partial charge in [0.15, 0.2) is 17.3 Å². The van der Waals surface area contributed by atoms with Crippen molar-refractivity contribution in [2.75, 3.05) is 9.80 Å². The smallest absolute Gasteiger partial charge is 0.229 e. The maximum absolute atomic E-state index is 9.62. The molecule has 0 saturated carbocycles. The Morgan fingerprint density at radius 3 is 2.00 bits per heavy atom. The fourth-order valence-electron chi connectivity index (χ4n) is 6.90. The Hall–Kier alpha value is -7.57. The SMILES string of the molecule is N=C(/N=C(\N=C\c1ccccc1)c1ccccc1)N(c1cccc(-c2ccc3c(c2)N(c2ccccc2)c2ccccc2O3)c1)c1ccc2ccccc2c1. The molecule has 0 saturated heterocycles. The molecule has 0 fully saturated rings. The maximum Gasteiger partial charge on any atom is 0.229 e. The Bertz CT molecular complexity index is 2710. The largest absolute Gasteiger partial charge is 0.453 e. The van der Waals surface area contributed by atoms with E-state index in [2.05, 4.69) is 83.8 Å². The van der Waals surface area contributed by atoms with Crippen molar-refractivity contribution < 1.29 is 4.74 Å². The number of fused-ring (bicyclic) bond motifs is 3. The molecule has 0 amide bonds. The Kier molecular flexibility index (Phi) is 8.96. The second-order valence-electron chi connectivity index (χ2n) is 13.1. The fraction of sp³-hybridized carbons (Fsp3) is 0. The highest BCUT2D eigenvalue weighted by Crippen LogP contribution is 2.51. The van der Waals surface area contributed by atoms with Crippen molar-refractivity contribution in [1.29, 1.82) is 5.41 Å². The lowest BCUT2D eigenvalue weighted by Gasteiger charge is -2.33. The van der Waals surface area contributed by atoms with Crippen molar-refractivity contribution >= 4 is 57.2 Å². The summed E-state index contributed by atoms with van der Waals surface area (Å²) in [7, 11) is 0. The third kappa shape index (κ3) is 6.88. The molecule has 0 bridgehead atoms. The average molecular weight is 710 g/mol. The van der Waals surface area contributed by atoms with Crippen LogP contribution in [0.5, 0.6) is 11.5 Å². The summed E-state index contributed by atoms with van der Waals surface area (Å²) in [5.41, 5.74) is 8.33. The Morgan fingerprint density at radius 1 is 0.527 bits per heavy atom. The summed E-state index contributed by atoms with van der Waals surface area (Å²) in [5.74, 6) is 2.05. The molecule has 1 N–H and O–H groups in total. The molecule has 0 aliphatic carbocycles. The van der Waals surface area contributed by atoms with Gasteiger partial charge in [-0.3, -0.25) is 10.3 Å². The second-order valence-corrected chi connectivity index (χ2v) is 13.1. The molecular formula is C49H35N5O. The number of nitrogens with one attached hydrogen (secondary N) is 1. The summed E-state index contributed by atoms with van der Waals surface area (Å²) >= 11 is 0. The van der Waals surface area contributed by atoms with Gasteiger partial charge in [0.05, 0.1) is 11.4 Å². The highest BCUT2D eigenvalue weighted by Gasteiger charge is 2.26. The Morgan fingerprint density at radius 2 is 1.18 bits per heavy atom. The number of benzene rings is 8. The molecule has 55 heavy (non-hydrogen) atoms. The number of aliphatic imine (C=N–C) groups is 2. The number of hydrogen-bond donors (Lipinski definition) is 1. The van der Waals surface area contributed by atoms with Crippen molar-refractivity contribution in [2.45, 2.75) is 0 Å². The first-order valence-electron chi connectivity index (χ1n) is 18.2. The van der Waals surface area contributed by atoms with E-state index in [-0.39, 0.29) is 5.96 Å². The molecule has 1 aliphatic rings. The van der Waals surface area contributed by atoms with Gasteiger partial charge in [-0.15, -0.1) is 0 Å². The Balaban J connectivity index is 1.15. The van der Waals surface area contributed by atoms with E-state index >= 15 is 0 Å². The number of hydrogen-bond acceptors (Lipinski definition) is 3. The topological polar surface area (TPSA) is 64.3 Å². The van der Waals surface area contributed by atoms with Crippen LogP contribution in [0.15, 0.2) is 210 Å². The lowest BCUT2D eigenvalue weighted by Crippen LogP contribution is -2.24. The van der Waals surface area contributed by atoms with Gasteiger partial charge in [0.1, 0.15) is 0 Å². The van der Waals surface area contributed by atoms with Gasteiger partial charge in [0.2, 0.25) is 5.96 Å². The molecule has 262 valence electrons. The second kappa shape index (κ2) is 14.8. The fourth-order valence-corrected chi connectivity index (χ4v) is 6.90. The van der Waals surface area contributed by atoms with Crippen LogP contribution in [-0.4, -0.2) is 18.0 Å². The lowest BCUT2D eigenvalue weighted by atomic mass is 10.0. The predicted octanol–water partition coefficient (Wildman–Crippen LogP) is 12.7. The average Bonchev–Trinajstić information content (AvgIpc) is 3.25. The molecule has 0 aromatic heterocycles. The van der Waals surface area contributed by atoms with E-state index in [4.69, 9.17) is 14.7 Å². The number of guanidine groups is 1. The van der Waals surface area contributed by atoms with Crippen LogP contribution < -0.4 is 14.5 Å². The lowest BCUT2D eigenvalue weighted by molar-refractivity contribution is 0.477. The summed E-state index contributed by atoms with van der Waals surface area (Å²) in [5, 5.41) is 11.8. The van der Waals surface area contributed by atoms with E-state index in [0.717, 1.165) is 73.0 Å². The molecule has 1 heterocycles. The number of ether oxygens (including phenoxy) is 1.